The van der Waals surface area contributed by atoms with Crippen molar-refractivity contribution >= 4 is 39.6 Å². The number of hydrogen-bond acceptors (Lipinski definition) is 7. The number of terminal acetylenes is 1. The molecule has 0 radical (unpaired) electrons. The average Bonchev–Trinajstić information content (AvgIpc) is 3.61. The summed E-state index contributed by atoms with van der Waals surface area (Å²) in [5.41, 5.74) is -0.705. The van der Waals surface area contributed by atoms with Crippen LogP contribution in [0.3, 0.4) is 0 Å². The van der Waals surface area contributed by atoms with Crippen LogP contribution in [0, 0.1) is 35.0 Å². The number of carbonyl (C=O) groups is 5. The maximum absolute atomic E-state index is 14.6. The number of nitrogens with zero attached hydrogens (tertiary/aromatic N) is 2. The lowest BCUT2D eigenvalue weighted by Crippen LogP contribution is -2.56. The molecule has 2 aliphatic rings. The van der Waals surface area contributed by atoms with E-state index in [2.05, 4.69) is 54.5 Å². The van der Waals surface area contributed by atoms with Crippen LogP contribution in [0.4, 0.5) is 4.79 Å². The third kappa shape index (κ3) is 13.3. The normalized spacial score (nSPS) is 20.9. The molecule has 13 nitrogen and oxygen atoms in total. The van der Waals surface area contributed by atoms with Gasteiger partial charge in [-0.15, -0.1) is 18.9 Å². The molecule has 1 saturated carbocycles. The Morgan fingerprint density at radius 3 is 2.34 bits per heavy atom. The van der Waals surface area contributed by atoms with E-state index in [0.717, 1.165) is 44.8 Å². The Morgan fingerprint density at radius 1 is 1.09 bits per heavy atom. The molecule has 1 aliphatic carbocycles. The van der Waals surface area contributed by atoms with E-state index in [1.54, 1.807) is 6.08 Å². The Morgan fingerprint density at radius 2 is 1.75 bits per heavy atom. The molecule has 0 bridgehead atoms. The number of unbranched alkanes of at least 4 members (excludes halogenated alkanes) is 5. The van der Waals surface area contributed by atoms with Crippen LogP contribution in [-0.2, 0) is 29.2 Å². The fourth-order valence-electron chi connectivity index (χ4n) is 7.12. The van der Waals surface area contributed by atoms with Crippen molar-refractivity contribution in [3.63, 3.8) is 0 Å². The number of sulfonamides is 1. The number of hydrogen-bond donors (Lipinski definition) is 4. The van der Waals surface area contributed by atoms with Crippen molar-refractivity contribution < 1.29 is 32.4 Å². The number of likely N-dealkylation sites (tertiary alicyclic amines) is 1. The van der Waals surface area contributed by atoms with Gasteiger partial charge in [-0.05, 0) is 54.8 Å². The summed E-state index contributed by atoms with van der Waals surface area (Å²) in [6.45, 7) is 15.9. The number of fused-ring (bicyclic) bond motifs is 1. The van der Waals surface area contributed by atoms with Crippen molar-refractivity contribution in [1.82, 2.24) is 30.5 Å². The number of urea groups is 1. The van der Waals surface area contributed by atoms with Crippen molar-refractivity contribution in [3.8, 4) is 12.3 Å². The van der Waals surface area contributed by atoms with Gasteiger partial charge >= 0.3 is 6.03 Å². The van der Waals surface area contributed by atoms with Crippen LogP contribution < -0.4 is 21.3 Å². The molecule has 0 aromatic rings. The first-order valence-electron chi connectivity index (χ1n) is 18.9. The lowest BCUT2D eigenvalue weighted by molar-refractivity contribution is -0.142. The summed E-state index contributed by atoms with van der Waals surface area (Å²) in [7, 11) is -2.09. The van der Waals surface area contributed by atoms with Gasteiger partial charge < -0.3 is 26.2 Å². The van der Waals surface area contributed by atoms with E-state index < -0.39 is 63.1 Å². The second-order valence-electron chi connectivity index (χ2n) is 16.2. The topological polar surface area (TPSA) is 174 Å². The van der Waals surface area contributed by atoms with E-state index in [4.69, 9.17) is 6.42 Å². The van der Waals surface area contributed by atoms with Crippen LogP contribution in [0.5, 0.6) is 0 Å². The average molecular weight is 761 g/mol. The quantitative estimate of drug-likeness (QED) is 0.0480. The van der Waals surface area contributed by atoms with E-state index in [1.165, 1.54) is 22.3 Å². The molecule has 5 amide bonds. The molecule has 1 aliphatic heterocycles. The predicted molar refractivity (Wildman–Crippen MR) is 208 cm³/mol. The molecule has 0 spiro atoms. The van der Waals surface area contributed by atoms with Crippen LogP contribution in [0.1, 0.15) is 106 Å². The minimum absolute atomic E-state index is 0.0121. The van der Waals surface area contributed by atoms with Crippen LogP contribution in [0.2, 0.25) is 0 Å². The second-order valence-corrected chi connectivity index (χ2v) is 18.3. The summed E-state index contributed by atoms with van der Waals surface area (Å²) in [5.74, 6) is -0.591. The van der Waals surface area contributed by atoms with Gasteiger partial charge in [0.25, 0.3) is 11.8 Å². The summed E-state index contributed by atoms with van der Waals surface area (Å²) in [6.07, 6.45) is 16.9. The fraction of sp³-hybridized carbons (Fsp3) is 0.718. The molecule has 4 N–H and O–H groups in total. The van der Waals surface area contributed by atoms with E-state index in [1.807, 2.05) is 20.8 Å². The Labute approximate surface area is 318 Å². The van der Waals surface area contributed by atoms with Crippen LogP contribution in [0.25, 0.3) is 0 Å². The molecule has 1 saturated heterocycles. The van der Waals surface area contributed by atoms with Crippen LogP contribution >= 0.6 is 0 Å². The second kappa shape index (κ2) is 20.1. The number of amides is 5. The maximum Gasteiger partial charge on any atom is 0.319 e. The minimum Gasteiger partial charge on any atom is -0.346 e. The standard InChI is InChI=1S/C39H64N6O7S/c1-11-14-16-17-18-19-21-30(42-37(50)43-31(38(4,5)6)26-44(9)53(10,51)52)36(49)45-25-28-27(22-23-39(28,7)8)32(45)34(47)41-29(20-15-12-2)33(46)35(48)40-24-13-3/h2,13,21,27-29,31-32H,3,11,14-20,22-26H2,1,4-10H3,(H,40,48)(H,41,47)(H2,42,43,50)/b30-21-/t27-,28-,29?,31+,32-/m0/s1. The molecule has 1 unspecified atom stereocenters. The first-order chi connectivity index (χ1) is 24.7. The first kappa shape index (κ1) is 45.5. The minimum atomic E-state index is -3.53. The third-order valence-electron chi connectivity index (χ3n) is 10.6. The Hall–Kier alpha value is -3.70. The van der Waals surface area contributed by atoms with E-state index in [9.17, 15) is 32.4 Å². The molecule has 2 fully saturated rings. The van der Waals surface area contributed by atoms with Crippen LogP contribution in [-0.4, -0.2) is 98.2 Å². The van der Waals surface area contributed by atoms with Gasteiger partial charge in [0.05, 0.1) is 12.3 Å². The number of Topliss-reactive ketones (excluding diaryl/α,β-unsaturated/α-hetero) is 1. The van der Waals surface area contributed by atoms with Gasteiger partial charge in [0.2, 0.25) is 21.7 Å². The molecule has 1 heterocycles. The lowest BCUT2D eigenvalue weighted by atomic mass is 9.79. The maximum atomic E-state index is 14.6. The van der Waals surface area contributed by atoms with Gasteiger partial charge in [-0.1, -0.05) is 79.4 Å². The molecule has 5 atom stereocenters. The van der Waals surface area contributed by atoms with Gasteiger partial charge in [-0.3, -0.25) is 19.2 Å². The molecule has 14 heteroatoms. The highest BCUT2D eigenvalue weighted by molar-refractivity contribution is 7.88. The molecular formula is C39H64N6O7S. The van der Waals surface area contributed by atoms with Crippen molar-refractivity contribution in [2.75, 3.05) is 32.9 Å². The van der Waals surface area contributed by atoms with Crippen molar-refractivity contribution in [3.05, 3.63) is 24.4 Å². The molecule has 298 valence electrons. The zero-order valence-electron chi connectivity index (χ0n) is 33.2. The Kier molecular flexibility index (Phi) is 17.3. The van der Waals surface area contributed by atoms with Crippen molar-refractivity contribution in [2.45, 2.75) is 124 Å². The third-order valence-corrected chi connectivity index (χ3v) is 11.9. The Bertz CT molecular complexity index is 1510. The van der Waals surface area contributed by atoms with Gasteiger partial charge in [-0.2, -0.15) is 0 Å². The SMILES string of the molecule is C#CCCC(NC(=O)[C@@H]1[C@H]2CCC(C)(C)[C@H]2CN1C(=O)/C(=C/CCCCCCC)NC(=O)N[C@H](CN(C)S(C)(=O)=O)C(C)(C)C)C(=O)C(=O)NCC=C. The van der Waals surface area contributed by atoms with Gasteiger partial charge in [-0.25, -0.2) is 17.5 Å². The highest BCUT2D eigenvalue weighted by Gasteiger charge is 2.56. The lowest BCUT2D eigenvalue weighted by Gasteiger charge is -2.34. The highest BCUT2D eigenvalue weighted by atomic mass is 32.2. The smallest absolute Gasteiger partial charge is 0.319 e. The summed E-state index contributed by atoms with van der Waals surface area (Å²) < 4.78 is 25.6. The number of nitrogens with one attached hydrogen (secondary N) is 4. The van der Waals surface area contributed by atoms with Crippen molar-refractivity contribution in [1.29, 1.82) is 0 Å². The number of allylic oxidation sites excluding steroid dienone is 1. The molecule has 53 heavy (non-hydrogen) atoms. The predicted octanol–water partition coefficient (Wildman–Crippen LogP) is 3.87. The molecular weight excluding hydrogens is 697 g/mol. The zero-order valence-corrected chi connectivity index (χ0v) is 34.0. The zero-order chi connectivity index (χ0) is 40.1. The monoisotopic (exact) mass is 760 g/mol. The van der Waals surface area contributed by atoms with E-state index >= 15 is 0 Å². The number of likely N-dealkylation sites (N-methyl/N-ethyl adjacent to an activating group) is 1. The van der Waals surface area contributed by atoms with Gasteiger partial charge in [0.1, 0.15) is 11.7 Å². The largest absolute Gasteiger partial charge is 0.346 e. The van der Waals surface area contributed by atoms with E-state index in [-0.39, 0.29) is 55.4 Å². The van der Waals surface area contributed by atoms with Crippen molar-refractivity contribution in [2.24, 2.45) is 22.7 Å². The number of ketones is 1. The first-order valence-corrected chi connectivity index (χ1v) is 20.7. The summed E-state index contributed by atoms with van der Waals surface area (Å²) >= 11 is 0. The summed E-state index contributed by atoms with van der Waals surface area (Å²) in [6, 6.07) is -3.45. The highest BCUT2D eigenvalue weighted by Crippen LogP contribution is 2.53. The van der Waals surface area contributed by atoms with Gasteiger partial charge in [0, 0.05) is 39.1 Å². The van der Waals surface area contributed by atoms with E-state index in [0.29, 0.717) is 12.8 Å². The fourth-order valence-corrected chi connectivity index (χ4v) is 7.54. The molecule has 0 aromatic carbocycles. The summed E-state index contributed by atoms with van der Waals surface area (Å²) in [4.78, 5) is 69.7. The molecule has 2 rings (SSSR count). The molecule has 0 aromatic heterocycles. The van der Waals surface area contributed by atoms with Gasteiger partial charge in [0.15, 0.2) is 0 Å². The number of carbonyl (C=O) groups excluding carboxylic acids is 5. The van der Waals surface area contributed by atoms with Crippen LogP contribution in [0.15, 0.2) is 24.4 Å². The number of rotatable bonds is 20. The Balaban J connectivity index is 2.48. The summed E-state index contributed by atoms with van der Waals surface area (Å²) in [5, 5.41) is 10.9.